The number of ether oxygens (including phenoxy) is 2. The minimum Gasteiger partial charge on any atom is -0.465 e. The van der Waals surface area contributed by atoms with Gasteiger partial charge >= 0.3 is 5.97 Å². The molecule has 0 saturated carbocycles. The van der Waals surface area contributed by atoms with Gasteiger partial charge in [0.15, 0.2) is 6.61 Å². The number of carbonyl (C=O) groups excluding carboxylic acids is 2. The summed E-state index contributed by atoms with van der Waals surface area (Å²) >= 11 is 0. The zero-order chi connectivity index (χ0) is 23.0. The van der Waals surface area contributed by atoms with Crippen molar-refractivity contribution < 1.29 is 32.3 Å². The number of hydrogen-bond acceptors (Lipinski definition) is 8. The van der Waals surface area contributed by atoms with Crippen molar-refractivity contribution >= 4 is 33.8 Å². The number of sulfonamides is 1. The van der Waals surface area contributed by atoms with Crippen LogP contribution in [0.25, 0.3) is 0 Å². The lowest BCUT2D eigenvalue weighted by atomic mass is 10.1. The Morgan fingerprint density at radius 3 is 2.56 bits per heavy atom. The topological polar surface area (TPSA) is 124 Å². The van der Waals surface area contributed by atoms with E-state index in [4.69, 9.17) is 9.57 Å². The van der Waals surface area contributed by atoms with Crippen molar-refractivity contribution in [2.45, 2.75) is 4.90 Å². The lowest BCUT2D eigenvalue weighted by Crippen LogP contribution is -2.40. The van der Waals surface area contributed by atoms with Gasteiger partial charge in [-0.15, -0.1) is 0 Å². The van der Waals surface area contributed by atoms with Gasteiger partial charge in [-0.1, -0.05) is 23.4 Å². The number of esters is 1. The van der Waals surface area contributed by atoms with Gasteiger partial charge in [-0.25, -0.2) is 13.2 Å². The van der Waals surface area contributed by atoms with E-state index < -0.39 is 21.9 Å². The molecule has 11 heteroatoms. The van der Waals surface area contributed by atoms with E-state index in [9.17, 15) is 18.0 Å². The number of morpholine rings is 1. The predicted molar refractivity (Wildman–Crippen MR) is 116 cm³/mol. The van der Waals surface area contributed by atoms with Crippen molar-refractivity contribution in [3.63, 3.8) is 0 Å². The number of benzene rings is 2. The van der Waals surface area contributed by atoms with Crippen molar-refractivity contribution in [1.82, 2.24) is 4.31 Å². The van der Waals surface area contributed by atoms with Crippen molar-refractivity contribution in [1.29, 1.82) is 0 Å². The lowest BCUT2D eigenvalue weighted by molar-refractivity contribution is -0.120. The molecule has 2 aromatic rings. The molecular weight excluding hydrogens is 438 g/mol. The molecule has 170 valence electrons. The minimum atomic E-state index is -3.66. The molecule has 1 amide bonds. The summed E-state index contributed by atoms with van der Waals surface area (Å²) in [4.78, 5) is 28.6. The van der Waals surface area contributed by atoms with Gasteiger partial charge < -0.3 is 19.6 Å². The summed E-state index contributed by atoms with van der Waals surface area (Å²) in [6.45, 7) is 0.912. The molecule has 10 nitrogen and oxygen atoms in total. The maximum Gasteiger partial charge on any atom is 0.337 e. The third-order valence-electron chi connectivity index (χ3n) is 4.53. The normalized spacial score (nSPS) is 14.8. The summed E-state index contributed by atoms with van der Waals surface area (Å²) in [7, 11) is -2.36. The summed E-state index contributed by atoms with van der Waals surface area (Å²) in [5, 5.41) is 6.30. The highest BCUT2D eigenvalue weighted by atomic mass is 32.2. The second-order valence-corrected chi connectivity index (χ2v) is 8.65. The van der Waals surface area contributed by atoms with Gasteiger partial charge in [0.2, 0.25) is 10.0 Å². The van der Waals surface area contributed by atoms with Crippen LogP contribution in [0.2, 0.25) is 0 Å². The Morgan fingerprint density at radius 1 is 1.16 bits per heavy atom. The molecule has 2 aromatic carbocycles. The van der Waals surface area contributed by atoms with E-state index in [-0.39, 0.29) is 24.6 Å². The molecule has 3 rings (SSSR count). The molecule has 0 unspecified atom stereocenters. The van der Waals surface area contributed by atoms with Crippen LogP contribution >= 0.6 is 0 Å². The summed E-state index contributed by atoms with van der Waals surface area (Å²) in [5.41, 5.74) is 1.40. The van der Waals surface area contributed by atoms with Crippen LogP contribution in [0.1, 0.15) is 15.9 Å². The zero-order valence-corrected chi connectivity index (χ0v) is 18.2. The van der Waals surface area contributed by atoms with Crippen LogP contribution in [-0.2, 0) is 29.1 Å². The zero-order valence-electron chi connectivity index (χ0n) is 17.4. The Labute approximate surface area is 185 Å². The van der Waals surface area contributed by atoms with Crippen molar-refractivity contribution in [3.05, 3.63) is 59.7 Å². The molecule has 0 atom stereocenters. The smallest absolute Gasteiger partial charge is 0.337 e. The Morgan fingerprint density at radius 2 is 1.88 bits per heavy atom. The largest absolute Gasteiger partial charge is 0.465 e. The molecule has 0 aromatic heterocycles. The van der Waals surface area contributed by atoms with Gasteiger partial charge in [0.1, 0.15) is 0 Å². The molecule has 1 saturated heterocycles. The molecule has 0 bridgehead atoms. The summed E-state index contributed by atoms with van der Waals surface area (Å²) in [5.74, 6) is -0.938. The van der Waals surface area contributed by atoms with Crippen LogP contribution in [-0.4, -0.2) is 70.8 Å². The molecule has 1 heterocycles. The quantitative estimate of drug-likeness (QED) is 0.359. The number of amides is 1. The van der Waals surface area contributed by atoms with Gasteiger partial charge in [-0.2, -0.15) is 4.31 Å². The number of nitrogens with one attached hydrogen (secondary N) is 1. The second kappa shape index (κ2) is 10.8. The first-order valence-electron chi connectivity index (χ1n) is 9.71. The molecule has 0 spiro atoms. The van der Waals surface area contributed by atoms with E-state index in [0.29, 0.717) is 30.0 Å². The van der Waals surface area contributed by atoms with Gasteiger partial charge in [-0.05, 0) is 35.9 Å². The fourth-order valence-electron chi connectivity index (χ4n) is 2.88. The molecule has 1 fully saturated rings. The number of methoxy groups -OCH3 is 1. The lowest BCUT2D eigenvalue weighted by Gasteiger charge is -2.26. The first kappa shape index (κ1) is 23.4. The molecule has 0 aliphatic carbocycles. The van der Waals surface area contributed by atoms with Gasteiger partial charge in [-0.3, -0.25) is 4.79 Å². The van der Waals surface area contributed by atoms with Crippen molar-refractivity contribution in [3.8, 4) is 0 Å². The molecule has 32 heavy (non-hydrogen) atoms. The van der Waals surface area contributed by atoms with Crippen LogP contribution in [0.15, 0.2) is 58.6 Å². The van der Waals surface area contributed by atoms with Gasteiger partial charge in [0.05, 0.1) is 37.0 Å². The monoisotopic (exact) mass is 461 g/mol. The average molecular weight is 461 g/mol. The Hall–Kier alpha value is -3.28. The van der Waals surface area contributed by atoms with E-state index in [2.05, 4.69) is 15.2 Å². The fourth-order valence-corrected chi connectivity index (χ4v) is 4.34. The van der Waals surface area contributed by atoms with E-state index in [1.54, 1.807) is 36.4 Å². The number of oxime groups is 1. The van der Waals surface area contributed by atoms with Crippen molar-refractivity contribution in [2.75, 3.05) is 45.3 Å². The highest BCUT2D eigenvalue weighted by Crippen LogP contribution is 2.20. The summed E-state index contributed by atoms with van der Waals surface area (Å²) in [6.07, 6.45) is 1.39. The number of carbonyl (C=O) groups is 2. The van der Waals surface area contributed by atoms with Crippen LogP contribution in [0, 0.1) is 0 Å². The number of nitrogens with zero attached hydrogens (tertiary/aromatic N) is 2. The van der Waals surface area contributed by atoms with Crippen LogP contribution in [0.3, 0.4) is 0 Å². The first-order chi connectivity index (χ1) is 15.4. The molecule has 1 aliphatic rings. The molecular formula is C21H23N3O7S. The van der Waals surface area contributed by atoms with E-state index >= 15 is 0 Å². The Kier molecular flexibility index (Phi) is 7.92. The third kappa shape index (κ3) is 6.13. The van der Waals surface area contributed by atoms with Crippen LogP contribution in [0.5, 0.6) is 0 Å². The minimum absolute atomic E-state index is 0.0894. The van der Waals surface area contributed by atoms with E-state index in [0.717, 1.165) is 0 Å². The highest BCUT2D eigenvalue weighted by molar-refractivity contribution is 7.89. The van der Waals surface area contributed by atoms with E-state index in [1.807, 2.05) is 0 Å². The maximum absolute atomic E-state index is 12.7. The average Bonchev–Trinajstić information content (AvgIpc) is 2.82. The first-order valence-corrected chi connectivity index (χ1v) is 11.2. The predicted octanol–water partition coefficient (Wildman–Crippen LogP) is 1.48. The standard InChI is InChI=1S/C21H23N3O7S/c1-29-21(26)17-7-5-16(6-8-17)14-22-31-15-20(25)23-18-3-2-4-19(13-18)32(27,28)24-9-11-30-12-10-24/h2-8,13-14H,9-12,15H2,1H3,(H,23,25)/b22-14+. The van der Waals surface area contributed by atoms with E-state index in [1.165, 1.54) is 29.8 Å². The van der Waals surface area contributed by atoms with Crippen LogP contribution < -0.4 is 5.32 Å². The van der Waals surface area contributed by atoms with Crippen molar-refractivity contribution in [2.24, 2.45) is 5.16 Å². The Bertz CT molecular complexity index is 1080. The molecule has 1 N–H and O–H groups in total. The number of anilines is 1. The fraction of sp³-hybridized carbons (Fsp3) is 0.286. The highest BCUT2D eigenvalue weighted by Gasteiger charge is 2.26. The summed E-state index contributed by atoms with van der Waals surface area (Å²) < 4.78 is 36.6. The third-order valence-corrected chi connectivity index (χ3v) is 6.42. The molecule has 0 radical (unpaired) electrons. The summed E-state index contributed by atoms with van der Waals surface area (Å²) in [6, 6.07) is 12.5. The van der Waals surface area contributed by atoms with Gasteiger partial charge in [0.25, 0.3) is 5.91 Å². The number of hydrogen-bond donors (Lipinski definition) is 1. The second-order valence-electron chi connectivity index (χ2n) is 6.71. The van der Waals surface area contributed by atoms with Gasteiger partial charge in [0, 0.05) is 18.8 Å². The van der Waals surface area contributed by atoms with Crippen LogP contribution in [0.4, 0.5) is 5.69 Å². The maximum atomic E-state index is 12.7. The Balaban J connectivity index is 1.52. The molecule has 1 aliphatic heterocycles. The number of rotatable bonds is 8. The SMILES string of the molecule is COC(=O)c1ccc(/C=N/OCC(=O)Nc2cccc(S(=O)(=O)N3CCOCC3)c2)cc1.